The van der Waals surface area contributed by atoms with Gasteiger partial charge in [-0.2, -0.15) is 0 Å². The molecule has 2 nitrogen and oxygen atoms in total. The molecule has 2 heteroatoms. The van der Waals surface area contributed by atoms with Crippen molar-refractivity contribution in [1.29, 1.82) is 0 Å². The Morgan fingerprint density at radius 1 is 1.00 bits per heavy atom. The average Bonchev–Trinajstić information content (AvgIpc) is 2.45. The summed E-state index contributed by atoms with van der Waals surface area (Å²) in [5, 5.41) is 0. The zero-order chi connectivity index (χ0) is 13.5. The summed E-state index contributed by atoms with van der Waals surface area (Å²) >= 11 is 0. The smallest absolute Gasteiger partial charge is 0.248 e. The molecule has 2 N–H and O–H groups in total. The quantitative estimate of drug-likeness (QED) is 0.815. The highest BCUT2D eigenvalue weighted by molar-refractivity contribution is 5.92. The maximum atomic E-state index is 10.9. The van der Waals surface area contributed by atoms with E-state index in [1.54, 1.807) is 30.3 Å². The van der Waals surface area contributed by atoms with Gasteiger partial charge in [0.05, 0.1) is 0 Å². The van der Waals surface area contributed by atoms with E-state index < -0.39 is 5.91 Å². The summed E-state index contributed by atoms with van der Waals surface area (Å²) in [6, 6.07) is 16.9. The van der Waals surface area contributed by atoms with Crippen LogP contribution in [0.5, 0.6) is 0 Å². The predicted octanol–water partition coefficient (Wildman–Crippen LogP) is 2.85. The molecule has 0 aliphatic rings. The molecule has 0 aliphatic heterocycles. The van der Waals surface area contributed by atoms with Gasteiger partial charge in [0.2, 0.25) is 5.91 Å². The molecule has 0 saturated heterocycles. The van der Waals surface area contributed by atoms with Crippen LogP contribution in [0.2, 0.25) is 0 Å². The van der Waals surface area contributed by atoms with Gasteiger partial charge in [0, 0.05) is 11.1 Å². The molecule has 0 unspecified atom stereocenters. The topological polar surface area (TPSA) is 43.1 Å². The van der Waals surface area contributed by atoms with Gasteiger partial charge in [-0.25, -0.2) is 0 Å². The normalized spacial score (nSPS) is 9.89. The molecule has 0 aliphatic carbocycles. The first kappa shape index (κ1) is 12.7. The number of benzene rings is 2. The minimum absolute atomic E-state index is 0.427. The van der Waals surface area contributed by atoms with Crippen LogP contribution in [0.25, 0.3) is 6.08 Å². The zero-order valence-corrected chi connectivity index (χ0v) is 10.3. The molecule has 0 atom stereocenters. The molecule has 1 amide bonds. The fourth-order valence-corrected chi connectivity index (χ4v) is 1.54. The number of rotatable bonds is 2. The van der Waals surface area contributed by atoms with Crippen molar-refractivity contribution in [3.05, 3.63) is 77.4 Å². The molecular weight excluding hydrogens is 234 g/mol. The maximum absolute atomic E-state index is 10.9. The molecule has 2 rings (SSSR count). The molecular formula is C17H13NO. The molecule has 0 radical (unpaired) electrons. The molecule has 0 spiro atoms. The van der Waals surface area contributed by atoms with E-state index in [1.807, 2.05) is 36.4 Å². The van der Waals surface area contributed by atoms with Gasteiger partial charge < -0.3 is 5.73 Å². The van der Waals surface area contributed by atoms with E-state index in [0.29, 0.717) is 5.56 Å². The van der Waals surface area contributed by atoms with Crippen molar-refractivity contribution in [2.24, 2.45) is 5.73 Å². The summed E-state index contributed by atoms with van der Waals surface area (Å²) < 4.78 is 0. The Morgan fingerprint density at radius 3 is 2.32 bits per heavy atom. The summed E-state index contributed by atoms with van der Waals surface area (Å²) in [4.78, 5) is 10.9. The molecule has 2 aromatic carbocycles. The van der Waals surface area contributed by atoms with Gasteiger partial charge >= 0.3 is 0 Å². The molecule has 0 fully saturated rings. The maximum Gasteiger partial charge on any atom is 0.248 e. The van der Waals surface area contributed by atoms with Crippen LogP contribution >= 0.6 is 0 Å². The lowest BCUT2D eigenvalue weighted by atomic mass is 10.1. The Balaban J connectivity index is 2.04. The van der Waals surface area contributed by atoms with E-state index in [9.17, 15) is 4.79 Å². The van der Waals surface area contributed by atoms with Gasteiger partial charge in [-0.15, -0.1) is 0 Å². The molecule has 0 heterocycles. The van der Waals surface area contributed by atoms with E-state index in [4.69, 9.17) is 5.73 Å². The van der Waals surface area contributed by atoms with Gasteiger partial charge in [0.1, 0.15) is 0 Å². The molecule has 0 bridgehead atoms. The van der Waals surface area contributed by atoms with Crippen LogP contribution in [0.15, 0.2) is 60.7 Å². The van der Waals surface area contributed by atoms with E-state index in [1.165, 1.54) is 0 Å². The van der Waals surface area contributed by atoms with Crippen molar-refractivity contribution in [1.82, 2.24) is 0 Å². The van der Waals surface area contributed by atoms with Crippen LogP contribution < -0.4 is 5.73 Å². The summed E-state index contributed by atoms with van der Waals surface area (Å²) in [6.07, 6.45) is 3.75. The Morgan fingerprint density at radius 2 is 1.68 bits per heavy atom. The highest BCUT2D eigenvalue weighted by Gasteiger charge is 1.97. The highest BCUT2D eigenvalue weighted by atomic mass is 16.1. The van der Waals surface area contributed by atoms with Crippen molar-refractivity contribution in [3.8, 4) is 11.8 Å². The van der Waals surface area contributed by atoms with Gasteiger partial charge in [-0.3, -0.25) is 4.79 Å². The fraction of sp³-hybridized carbons (Fsp3) is 0. The van der Waals surface area contributed by atoms with Gasteiger partial charge in [-0.1, -0.05) is 42.2 Å². The number of primary amides is 1. The Kier molecular flexibility index (Phi) is 4.15. The van der Waals surface area contributed by atoms with E-state index in [0.717, 1.165) is 11.1 Å². The standard InChI is InChI=1S/C17H13NO/c18-17(19)16-12-10-15(11-13-16)9-5-4-8-14-6-2-1-3-7-14/h1-4,6-8,10-13H,(H2,18,19)/b8-4+. The summed E-state index contributed by atoms with van der Waals surface area (Å²) in [7, 11) is 0. The third-order valence-electron chi connectivity index (χ3n) is 2.54. The molecule has 92 valence electrons. The van der Waals surface area contributed by atoms with Crippen molar-refractivity contribution in [2.75, 3.05) is 0 Å². The van der Waals surface area contributed by atoms with Crippen LogP contribution in [0.4, 0.5) is 0 Å². The second kappa shape index (κ2) is 6.23. The van der Waals surface area contributed by atoms with Crippen molar-refractivity contribution < 1.29 is 4.79 Å². The lowest BCUT2D eigenvalue weighted by molar-refractivity contribution is 0.100. The Bertz CT molecular complexity index is 643. The number of carbonyl (C=O) groups excluding carboxylic acids is 1. The van der Waals surface area contributed by atoms with E-state index in [2.05, 4.69) is 11.8 Å². The number of hydrogen-bond donors (Lipinski definition) is 1. The monoisotopic (exact) mass is 247 g/mol. The average molecular weight is 247 g/mol. The molecule has 19 heavy (non-hydrogen) atoms. The number of nitrogens with two attached hydrogens (primary N) is 1. The van der Waals surface area contributed by atoms with Crippen LogP contribution in [-0.4, -0.2) is 5.91 Å². The van der Waals surface area contributed by atoms with Gasteiger partial charge in [-0.05, 0) is 42.0 Å². The first-order chi connectivity index (χ1) is 9.25. The first-order valence-electron chi connectivity index (χ1n) is 5.89. The largest absolute Gasteiger partial charge is 0.366 e. The van der Waals surface area contributed by atoms with Gasteiger partial charge in [0.25, 0.3) is 0 Å². The molecule has 0 saturated carbocycles. The lowest BCUT2D eigenvalue weighted by Crippen LogP contribution is -2.10. The van der Waals surface area contributed by atoms with Crippen LogP contribution in [-0.2, 0) is 0 Å². The lowest BCUT2D eigenvalue weighted by Gasteiger charge is -1.94. The highest BCUT2D eigenvalue weighted by Crippen LogP contribution is 2.03. The first-order valence-corrected chi connectivity index (χ1v) is 5.89. The summed E-state index contributed by atoms with van der Waals surface area (Å²) in [5.74, 6) is 5.52. The Labute approximate surface area is 112 Å². The number of allylic oxidation sites excluding steroid dienone is 1. The minimum Gasteiger partial charge on any atom is -0.366 e. The SMILES string of the molecule is NC(=O)c1ccc(C#C/C=C/c2ccccc2)cc1. The summed E-state index contributed by atoms with van der Waals surface area (Å²) in [5.41, 5.74) is 7.62. The van der Waals surface area contributed by atoms with Crippen molar-refractivity contribution in [3.63, 3.8) is 0 Å². The third kappa shape index (κ3) is 3.86. The van der Waals surface area contributed by atoms with E-state index >= 15 is 0 Å². The van der Waals surface area contributed by atoms with Gasteiger partial charge in [0.15, 0.2) is 0 Å². The number of hydrogen-bond acceptors (Lipinski definition) is 1. The molecule has 2 aromatic rings. The predicted molar refractivity (Wildman–Crippen MR) is 77.3 cm³/mol. The van der Waals surface area contributed by atoms with Crippen LogP contribution in [0, 0.1) is 11.8 Å². The number of carbonyl (C=O) groups is 1. The second-order valence-electron chi connectivity index (χ2n) is 3.95. The third-order valence-corrected chi connectivity index (χ3v) is 2.54. The van der Waals surface area contributed by atoms with Crippen molar-refractivity contribution >= 4 is 12.0 Å². The molecule has 0 aromatic heterocycles. The fourth-order valence-electron chi connectivity index (χ4n) is 1.54. The number of amides is 1. The van der Waals surface area contributed by atoms with Crippen molar-refractivity contribution in [2.45, 2.75) is 0 Å². The zero-order valence-electron chi connectivity index (χ0n) is 10.3. The second-order valence-corrected chi connectivity index (χ2v) is 3.95. The minimum atomic E-state index is -0.427. The van der Waals surface area contributed by atoms with Crippen LogP contribution in [0.3, 0.4) is 0 Å². The van der Waals surface area contributed by atoms with Crippen LogP contribution in [0.1, 0.15) is 21.5 Å². The van der Waals surface area contributed by atoms with E-state index in [-0.39, 0.29) is 0 Å². The Hall–Kier alpha value is -2.79. The summed E-state index contributed by atoms with van der Waals surface area (Å²) in [6.45, 7) is 0.